The highest BCUT2D eigenvalue weighted by atomic mass is 35.5. The molecule has 0 aliphatic rings. The average Bonchev–Trinajstić information content (AvgIpc) is 2.30. The maximum Gasteiger partial charge on any atom is 0.307 e. The van der Waals surface area contributed by atoms with Crippen molar-refractivity contribution in [2.24, 2.45) is 0 Å². The number of rotatable bonds is 4. The molecule has 0 bridgehead atoms. The van der Waals surface area contributed by atoms with E-state index in [4.69, 9.17) is 11.6 Å². The SMILES string of the molecule is COC(=O)CCN(C)c1cc(F)c(C)cc1Cl. The molecule has 17 heavy (non-hydrogen) atoms. The predicted molar refractivity (Wildman–Crippen MR) is 66.1 cm³/mol. The minimum atomic E-state index is -0.311. The fourth-order valence-electron chi connectivity index (χ4n) is 1.41. The third-order valence-electron chi connectivity index (χ3n) is 2.52. The Kier molecular flexibility index (Phi) is 4.75. The van der Waals surface area contributed by atoms with Crippen molar-refractivity contribution in [3.8, 4) is 0 Å². The molecule has 0 N–H and O–H groups in total. The monoisotopic (exact) mass is 259 g/mol. The molecule has 1 aromatic carbocycles. The third kappa shape index (κ3) is 3.60. The molecule has 0 aromatic heterocycles. The number of hydrogen-bond donors (Lipinski definition) is 0. The molecule has 0 radical (unpaired) electrons. The Bertz CT molecular complexity index is 423. The summed E-state index contributed by atoms with van der Waals surface area (Å²) in [7, 11) is 3.08. The van der Waals surface area contributed by atoms with Crippen LogP contribution in [-0.4, -0.2) is 26.7 Å². The van der Waals surface area contributed by atoms with Crippen LogP contribution in [0.15, 0.2) is 12.1 Å². The second-order valence-electron chi connectivity index (χ2n) is 3.80. The number of aryl methyl sites for hydroxylation is 1. The molecule has 5 heteroatoms. The molecule has 0 amide bonds. The van der Waals surface area contributed by atoms with Crippen LogP contribution in [0.3, 0.4) is 0 Å². The van der Waals surface area contributed by atoms with Crippen molar-refractivity contribution in [2.45, 2.75) is 13.3 Å². The van der Waals surface area contributed by atoms with Gasteiger partial charge in [-0.15, -0.1) is 0 Å². The van der Waals surface area contributed by atoms with Crippen LogP contribution in [0.1, 0.15) is 12.0 Å². The lowest BCUT2D eigenvalue weighted by Gasteiger charge is -2.20. The minimum Gasteiger partial charge on any atom is -0.469 e. The van der Waals surface area contributed by atoms with Crippen LogP contribution in [0.2, 0.25) is 5.02 Å². The molecule has 0 aliphatic carbocycles. The number of hydrogen-bond acceptors (Lipinski definition) is 3. The smallest absolute Gasteiger partial charge is 0.307 e. The summed E-state index contributed by atoms with van der Waals surface area (Å²) < 4.78 is 17.9. The Morgan fingerprint density at radius 3 is 2.76 bits per heavy atom. The highest BCUT2D eigenvalue weighted by molar-refractivity contribution is 6.33. The topological polar surface area (TPSA) is 29.5 Å². The summed E-state index contributed by atoms with van der Waals surface area (Å²) >= 11 is 6.02. The summed E-state index contributed by atoms with van der Waals surface area (Å²) in [5, 5.41) is 0.469. The molecule has 0 atom stereocenters. The Morgan fingerprint density at radius 1 is 1.53 bits per heavy atom. The van der Waals surface area contributed by atoms with Gasteiger partial charge in [0.2, 0.25) is 0 Å². The average molecular weight is 260 g/mol. The summed E-state index contributed by atoms with van der Waals surface area (Å²) in [5.74, 6) is -0.616. The normalized spacial score (nSPS) is 10.2. The van der Waals surface area contributed by atoms with E-state index in [1.54, 1.807) is 24.9 Å². The lowest BCUT2D eigenvalue weighted by molar-refractivity contribution is -0.140. The molecule has 0 saturated carbocycles. The summed E-state index contributed by atoms with van der Waals surface area (Å²) in [4.78, 5) is 12.7. The van der Waals surface area contributed by atoms with E-state index in [9.17, 15) is 9.18 Å². The lowest BCUT2D eigenvalue weighted by Crippen LogP contribution is -2.22. The van der Waals surface area contributed by atoms with Crippen molar-refractivity contribution in [3.05, 3.63) is 28.5 Å². The zero-order chi connectivity index (χ0) is 13.0. The van der Waals surface area contributed by atoms with E-state index < -0.39 is 0 Å². The molecule has 1 rings (SSSR count). The van der Waals surface area contributed by atoms with Crippen LogP contribution in [0.25, 0.3) is 0 Å². The van der Waals surface area contributed by atoms with E-state index in [1.165, 1.54) is 13.2 Å². The van der Waals surface area contributed by atoms with Crippen molar-refractivity contribution in [3.63, 3.8) is 0 Å². The van der Waals surface area contributed by atoms with E-state index in [0.29, 0.717) is 22.8 Å². The van der Waals surface area contributed by atoms with Crippen molar-refractivity contribution in [1.82, 2.24) is 0 Å². The van der Waals surface area contributed by atoms with Crippen LogP contribution in [-0.2, 0) is 9.53 Å². The number of methoxy groups -OCH3 is 1. The van der Waals surface area contributed by atoms with Gasteiger partial charge in [-0.2, -0.15) is 0 Å². The number of carbonyl (C=O) groups is 1. The van der Waals surface area contributed by atoms with Crippen molar-refractivity contribution < 1.29 is 13.9 Å². The van der Waals surface area contributed by atoms with Gasteiger partial charge in [0.05, 0.1) is 24.2 Å². The summed E-state index contributed by atoms with van der Waals surface area (Å²) in [6.45, 7) is 2.08. The van der Waals surface area contributed by atoms with Gasteiger partial charge in [0.1, 0.15) is 5.82 Å². The van der Waals surface area contributed by atoms with Crippen LogP contribution in [0.5, 0.6) is 0 Å². The Balaban J connectivity index is 2.78. The number of carbonyl (C=O) groups excluding carboxylic acids is 1. The quantitative estimate of drug-likeness (QED) is 0.779. The molecule has 0 aliphatic heterocycles. The van der Waals surface area contributed by atoms with Crippen LogP contribution >= 0.6 is 11.6 Å². The van der Waals surface area contributed by atoms with Crippen molar-refractivity contribution in [2.75, 3.05) is 25.6 Å². The molecule has 0 spiro atoms. The van der Waals surface area contributed by atoms with Gasteiger partial charge in [-0.3, -0.25) is 4.79 Å². The predicted octanol–water partition coefficient (Wildman–Crippen LogP) is 2.79. The number of esters is 1. The number of nitrogens with zero attached hydrogens (tertiary/aromatic N) is 1. The van der Waals surface area contributed by atoms with Gasteiger partial charge in [-0.25, -0.2) is 4.39 Å². The van der Waals surface area contributed by atoms with E-state index in [-0.39, 0.29) is 18.2 Å². The van der Waals surface area contributed by atoms with Gasteiger partial charge in [0.25, 0.3) is 0 Å². The van der Waals surface area contributed by atoms with E-state index in [1.807, 2.05) is 0 Å². The van der Waals surface area contributed by atoms with Gasteiger partial charge in [-0.1, -0.05) is 11.6 Å². The second-order valence-corrected chi connectivity index (χ2v) is 4.21. The molecule has 1 aromatic rings. The molecule has 94 valence electrons. The van der Waals surface area contributed by atoms with Gasteiger partial charge in [-0.05, 0) is 24.6 Å². The van der Waals surface area contributed by atoms with Crippen LogP contribution < -0.4 is 4.90 Å². The Hall–Kier alpha value is -1.29. The number of benzene rings is 1. The fourth-order valence-corrected chi connectivity index (χ4v) is 1.77. The number of ether oxygens (including phenoxy) is 1. The summed E-state index contributed by atoms with van der Waals surface area (Å²) in [6, 6.07) is 2.94. The molecule has 0 fully saturated rings. The van der Waals surface area contributed by atoms with E-state index in [2.05, 4.69) is 4.74 Å². The number of anilines is 1. The summed E-state index contributed by atoms with van der Waals surface area (Å²) in [5.41, 5.74) is 1.07. The fraction of sp³-hybridized carbons (Fsp3) is 0.417. The lowest BCUT2D eigenvalue weighted by atomic mass is 10.2. The van der Waals surface area contributed by atoms with Crippen LogP contribution in [0, 0.1) is 12.7 Å². The maximum absolute atomic E-state index is 13.4. The largest absolute Gasteiger partial charge is 0.469 e. The third-order valence-corrected chi connectivity index (χ3v) is 2.82. The van der Waals surface area contributed by atoms with Crippen LogP contribution in [0.4, 0.5) is 10.1 Å². The van der Waals surface area contributed by atoms with Gasteiger partial charge in [0.15, 0.2) is 0 Å². The summed E-state index contributed by atoms with van der Waals surface area (Å²) in [6.07, 6.45) is 0.235. The molecular formula is C12H15ClFNO2. The van der Waals surface area contributed by atoms with Crippen molar-refractivity contribution >= 4 is 23.3 Å². The standard InChI is InChI=1S/C12H15ClFNO2/c1-8-6-9(13)11(7-10(8)14)15(2)5-4-12(16)17-3/h6-7H,4-5H2,1-3H3. The minimum absolute atomic E-state index is 0.235. The first-order valence-corrected chi connectivity index (χ1v) is 5.57. The van der Waals surface area contributed by atoms with Gasteiger partial charge in [0, 0.05) is 13.6 Å². The number of halogens is 2. The molecule has 3 nitrogen and oxygen atoms in total. The van der Waals surface area contributed by atoms with E-state index >= 15 is 0 Å². The first kappa shape index (κ1) is 13.8. The van der Waals surface area contributed by atoms with E-state index in [0.717, 1.165) is 0 Å². The van der Waals surface area contributed by atoms with Gasteiger partial charge < -0.3 is 9.64 Å². The molecule has 0 saturated heterocycles. The highest BCUT2D eigenvalue weighted by Crippen LogP contribution is 2.27. The Morgan fingerprint density at radius 2 is 2.18 bits per heavy atom. The zero-order valence-corrected chi connectivity index (χ0v) is 10.8. The molecule has 0 heterocycles. The first-order chi connectivity index (χ1) is 7.95. The first-order valence-electron chi connectivity index (χ1n) is 5.19. The zero-order valence-electron chi connectivity index (χ0n) is 10.1. The maximum atomic E-state index is 13.4. The van der Waals surface area contributed by atoms with Gasteiger partial charge >= 0.3 is 5.97 Å². The molecule has 0 unspecified atom stereocenters. The second kappa shape index (κ2) is 5.87. The van der Waals surface area contributed by atoms with Crippen molar-refractivity contribution in [1.29, 1.82) is 0 Å². The Labute approximate surface area is 105 Å². The molecular weight excluding hydrogens is 245 g/mol. The highest BCUT2D eigenvalue weighted by Gasteiger charge is 2.11.